The molecule has 10 heteroatoms. The van der Waals surface area contributed by atoms with E-state index in [-0.39, 0.29) is 35.8 Å². The Morgan fingerprint density at radius 1 is 1.19 bits per heavy atom. The first-order valence-corrected chi connectivity index (χ1v) is 12.4. The van der Waals surface area contributed by atoms with E-state index in [1.807, 2.05) is 0 Å². The van der Waals surface area contributed by atoms with Gasteiger partial charge in [0.15, 0.2) is 9.84 Å². The number of carbonyl (C=O) groups is 1. The second kappa shape index (κ2) is 8.81. The van der Waals surface area contributed by atoms with E-state index in [1.165, 1.54) is 16.4 Å². The number of hydrogen-bond donors (Lipinski definition) is 1. The van der Waals surface area contributed by atoms with Crippen LogP contribution in [-0.2, 0) is 24.7 Å². The number of hydrogen-bond acceptors (Lipinski definition) is 5. The Labute approximate surface area is 162 Å². The number of aliphatic carboxylic acids is 1. The summed E-state index contributed by atoms with van der Waals surface area (Å²) in [5, 5.41) is 8.68. The van der Waals surface area contributed by atoms with Crippen LogP contribution in [0.4, 0.5) is 0 Å². The van der Waals surface area contributed by atoms with Gasteiger partial charge in [0, 0.05) is 23.5 Å². The summed E-state index contributed by atoms with van der Waals surface area (Å²) in [6.07, 6.45) is 1.84. The quantitative estimate of drug-likeness (QED) is 0.557. The highest BCUT2D eigenvalue weighted by atomic mass is 79.9. The minimum atomic E-state index is -3.82. The molecule has 0 unspecified atom stereocenters. The van der Waals surface area contributed by atoms with Gasteiger partial charge in [-0.05, 0) is 43.5 Å². The Bertz CT molecular complexity index is 836. The third kappa shape index (κ3) is 5.77. The Hall–Kier alpha value is -0.970. The van der Waals surface area contributed by atoms with Crippen molar-refractivity contribution in [3.63, 3.8) is 0 Å². The van der Waals surface area contributed by atoms with Crippen molar-refractivity contribution in [3.8, 4) is 0 Å². The summed E-state index contributed by atoms with van der Waals surface area (Å²) in [5.41, 5.74) is 0. The second-order valence-electron chi connectivity index (χ2n) is 6.33. The Morgan fingerprint density at radius 2 is 1.85 bits per heavy atom. The van der Waals surface area contributed by atoms with E-state index in [4.69, 9.17) is 5.11 Å². The van der Waals surface area contributed by atoms with E-state index >= 15 is 0 Å². The van der Waals surface area contributed by atoms with Gasteiger partial charge >= 0.3 is 5.97 Å². The monoisotopic (exact) mass is 467 g/mol. The number of sulfonamides is 1. The highest BCUT2D eigenvalue weighted by Gasteiger charge is 2.38. The summed E-state index contributed by atoms with van der Waals surface area (Å²) < 4.78 is 51.7. The fraction of sp³-hybridized carbons (Fsp3) is 0.562. The molecule has 0 aliphatic carbocycles. The lowest BCUT2D eigenvalue weighted by Gasteiger charge is -2.27. The zero-order chi connectivity index (χ0) is 19.4. The molecule has 146 valence electrons. The third-order valence-corrected chi connectivity index (χ3v) is 8.55. The maximum Gasteiger partial charge on any atom is 0.303 e. The van der Waals surface area contributed by atoms with Gasteiger partial charge in [-0.1, -0.05) is 22.4 Å². The molecule has 1 aliphatic rings. The predicted molar refractivity (Wildman–Crippen MR) is 101 cm³/mol. The van der Waals surface area contributed by atoms with Crippen LogP contribution in [0.2, 0.25) is 0 Å². The van der Waals surface area contributed by atoms with Crippen molar-refractivity contribution in [2.24, 2.45) is 0 Å². The van der Waals surface area contributed by atoms with Crippen LogP contribution in [0.15, 0.2) is 33.6 Å². The summed E-state index contributed by atoms with van der Waals surface area (Å²) >= 11 is 3.27. The number of carboxylic acids is 1. The third-order valence-electron chi connectivity index (χ3n) is 4.31. The molecule has 1 aromatic carbocycles. The molecule has 7 nitrogen and oxygen atoms in total. The van der Waals surface area contributed by atoms with Gasteiger partial charge in [-0.2, -0.15) is 4.31 Å². The molecule has 0 bridgehead atoms. The van der Waals surface area contributed by atoms with Crippen LogP contribution >= 0.6 is 15.9 Å². The summed E-state index contributed by atoms with van der Waals surface area (Å²) in [6.45, 7) is 0.179. The van der Waals surface area contributed by atoms with Crippen LogP contribution in [0.5, 0.6) is 0 Å². The Morgan fingerprint density at radius 3 is 2.38 bits per heavy atom. The molecule has 0 amide bonds. The molecule has 1 aromatic rings. The lowest BCUT2D eigenvalue weighted by molar-refractivity contribution is -0.137. The highest BCUT2D eigenvalue weighted by molar-refractivity contribution is 9.10. The number of sulfone groups is 1. The number of benzene rings is 1. The number of rotatable bonds is 9. The molecule has 1 saturated heterocycles. The molecule has 1 atom stereocenters. The molecule has 1 fully saturated rings. The first-order chi connectivity index (χ1) is 12.1. The van der Waals surface area contributed by atoms with E-state index in [1.54, 1.807) is 12.1 Å². The van der Waals surface area contributed by atoms with E-state index in [0.717, 1.165) is 4.47 Å². The predicted octanol–water partition coefficient (Wildman–Crippen LogP) is 2.27. The molecular weight excluding hydrogens is 446 g/mol. The van der Waals surface area contributed by atoms with Gasteiger partial charge in [-0.15, -0.1) is 0 Å². The summed E-state index contributed by atoms with van der Waals surface area (Å²) in [5.74, 6) is -1.06. The van der Waals surface area contributed by atoms with Gasteiger partial charge in [0.2, 0.25) is 10.0 Å². The average Bonchev–Trinajstić information content (AvgIpc) is 2.90. The molecule has 0 saturated carbocycles. The fourth-order valence-electron chi connectivity index (χ4n) is 2.96. The van der Waals surface area contributed by atoms with Crippen LogP contribution in [0.25, 0.3) is 0 Å². The van der Waals surface area contributed by atoms with Crippen LogP contribution in [0.1, 0.15) is 32.1 Å². The smallest absolute Gasteiger partial charge is 0.303 e. The topological polar surface area (TPSA) is 109 Å². The SMILES string of the molecule is O=C(O)CCCCCN([C@@H]1CCS(=O)(=O)C1)S(=O)(=O)c1ccc(Br)cc1. The number of nitrogens with zero attached hydrogens (tertiary/aromatic N) is 1. The standard InChI is InChI=1S/C16H22BrNO6S2/c17-13-5-7-15(8-6-13)26(23,24)18(10-3-1-2-4-16(19)20)14-9-11-25(21,22)12-14/h5-8,14H,1-4,9-12H2,(H,19,20)/t14-/m1/s1. The van der Waals surface area contributed by atoms with Crippen molar-refractivity contribution in [3.05, 3.63) is 28.7 Å². The molecule has 1 N–H and O–H groups in total. The van der Waals surface area contributed by atoms with Crippen LogP contribution in [-0.4, -0.2) is 56.3 Å². The van der Waals surface area contributed by atoms with Crippen molar-refractivity contribution >= 4 is 41.8 Å². The van der Waals surface area contributed by atoms with Crippen molar-refractivity contribution in [2.75, 3.05) is 18.1 Å². The molecular formula is C16H22BrNO6S2. The molecule has 0 aromatic heterocycles. The lowest BCUT2D eigenvalue weighted by atomic mass is 10.2. The number of halogens is 1. The maximum atomic E-state index is 13.0. The van der Waals surface area contributed by atoms with Crippen molar-refractivity contribution in [1.82, 2.24) is 4.31 Å². The molecule has 1 heterocycles. The summed E-state index contributed by atoms with van der Waals surface area (Å²) in [6, 6.07) is 5.65. The van der Waals surface area contributed by atoms with Gasteiger partial charge in [0.1, 0.15) is 0 Å². The Kier molecular flexibility index (Phi) is 7.23. The van der Waals surface area contributed by atoms with Crippen LogP contribution in [0.3, 0.4) is 0 Å². The first-order valence-electron chi connectivity index (χ1n) is 8.31. The zero-order valence-electron chi connectivity index (χ0n) is 14.2. The van der Waals surface area contributed by atoms with E-state index < -0.39 is 31.9 Å². The normalized spacial score (nSPS) is 19.7. The van der Waals surface area contributed by atoms with Crippen LogP contribution < -0.4 is 0 Å². The van der Waals surface area contributed by atoms with Crippen molar-refractivity contribution < 1.29 is 26.7 Å². The van der Waals surface area contributed by atoms with Gasteiger partial charge in [0.05, 0.1) is 16.4 Å². The molecule has 0 radical (unpaired) electrons. The minimum Gasteiger partial charge on any atom is -0.481 e. The molecule has 0 spiro atoms. The number of unbranched alkanes of at least 4 members (excludes halogenated alkanes) is 2. The zero-order valence-corrected chi connectivity index (χ0v) is 17.4. The first kappa shape index (κ1) is 21.3. The maximum absolute atomic E-state index is 13.0. The Balaban J connectivity index is 2.16. The van der Waals surface area contributed by atoms with E-state index in [0.29, 0.717) is 19.3 Å². The van der Waals surface area contributed by atoms with Gasteiger partial charge in [-0.3, -0.25) is 4.79 Å². The number of carboxylic acid groups (broad SMARTS) is 1. The molecule has 2 rings (SSSR count). The minimum absolute atomic E-state index is 0.0109. The summed E-state index contributed by atoms with van der Waals surface area (Å²) in [7, 11) is -7.05. The molecule has 26 heavy (non-hydrogen) atoms. The fourth-order valence-corrected chi connectivity index (χ4v) is 6.75. The van der Waals surface area contributed by atoms with E-state index in [2.05, 4.69) is 15.9 Å². The van der Waals surface area contributed by atoms with Gasteiger partial charge in [0.25, 0.3) is 0 Å². The lowest BCUT2D eigenvalue weighted by Crippen LogP contribution is -2.41. The average molecular weight is 468 g/mol. The van der Waals surface area contributed by atoms with Crippen molar-refractivity contribution in [1.29, 1.82) is 0 Å². The largest absolute Gasteiger partial charge is 0.481 e. The van der Waals surface area contributed by atoms with Gasteiger partial charge in [-0.25, -0.2) is 16.8 Å². The van der Waals surface area contributed by atoms with E-state index in [9.17, 15) is 21.6 Å². The molecule has 1 aliphatic heterocycles. The highest BCUT2D eigenvalue weighted by Crippen LogP contribution is 2.26. The summed E-state index contributed by atoms with van der Waals surface area (Å²) in [4.78, 5) is 10.7. The van der Waals surface area contributed by atoms with Gasteiger partial charge < -0.3 is 5.11 Å². The van der Waals surface area contributed by atoms with Crippen LogP contribution in [0, 0.1) is 0 Å². The second-order valence-corrected chi connectivity index (χ2v) is 11.4. The van der Waals surface area contributed by atoms with Crippen molar-refractivity contribution in [2.45, 2.75) is 43.0 Å².